The molecule has 2 aliphatic rings. The maximum atomic E-state index is 10.2. The van der Waals surface area contributed by atoms with Crippen molar-refractivity contribution in [3.05, 3.63) is 0 Å². The Morgan fingerprint density at radius 2 is 1.93 bits per heavy atom. The second-order valence-corrected chi connectivity index (χ2v) is 5.39. The second kappa shape index (κ2) is 3.17. The van der Waals surface area contributed by atoms with E-state index in [0.717, 1.165) is 0 Å². The van der Waals surface area contributed by atoms with Gasteiger partial charge in [0.05, 0.1) is 24.4 Å². The van der Waals surface area contributed by atoms with Gasteiger partial charge in [-0.1, -0.05) is 0 Å². The minimum absolute atomic E-state index is 0.0230. The Bertz CT molecular complexity index is 259. The average Bonchev–Trinajstić information content (AvgIpc) is 1.99. The first-order valence-electron chi connectivity index (χ1n) is 5.48. The van der Waals surface area contributed by atoms with E-state index < -0.39 is 17.5 Å². The number of hydrogen-bond acceptors (Lipinski definition) is 4. The smallest absolute Gasteiger partial charge is 0.163 e. The molecular formula is C11H20O4. The van der Waals surface area contributed by atoms with E-state index in [4.69, 9.17) is 9.47 Å². The Hall–Kier alpha value is -0.160. The molecule has 0 bridgehead atoms. The van der Waals surface area contributed by atoms with E-state index in [0.29, 0.717) is 6.61 Å². The number of aliphatic hydroxyl groups excluding tert-OH is 1. The van der Waals surface area contributed by atoms with Crippen LogP contribution in [0, 0.1) is 11.8 Å². The molecule has 4 heteroatoms. The number of rotatable bonds is 1. The quantitative estimate of drug-likeness (QED) is 0.670. The van der Waals surface area contributed by atoms with Crippen molar-refractivity contribution in [1.82, 2.24) is 0 Å². The van der Waals surface area contributed by atoms with Crippen molar-refractivity contribution in [1.29, 1.82) is 0 Å². The van der Waals surface area contributed by atoms with Crippen molar-refractivity contribution in [3.63, 3.8) is 0 Å². The Labute approximate surface area is 90.2 Å². The lowest BCUT2D eigenvalue weighted by Crippen LogP contribution is -2.73. The van der Waals surface area contributed by atoms with E-state index in [-0.39, 0.29) is 17.9 Å². The van der Waals surface area contributed by atoms with Crippen LogP contribution in [0.15, 0.2) is 0 Å². The summed E-state index contributed by atoms with van der Waals surface area (Å²) in [4.78, 5) is 0. The third-order valence-corrected chi connectivity index (χ3v) is 3.73. The summed E-state index contributed by atoms with van der Waals surface area (Å²) in [6, 6.07) is 0. The van der Waals surface area contributed by atoms with Crippen LogP contribution in [0.25, 0.3) is 0 Å². The van der Waals surface area contributed by atoms with E-state index in [1.54, 1.807) is 13.8 Å². The zero-order valence-electron chi connectivity index (χ0n) is 9.73. The van der Waals surface area contributed by atoms with Crippen molar-refractivity contribution in [2.24, 2.45) is 11.8 Å². The summed E-state index contributed by atoms with van der Waals surface area (Å²) in [6.07, 6.45) is -0.654. The number of aliphatic hydroxyl groups is 2. The van der Waals surface area contributed by atoms with Crippen LogP contribution in [0.5, 0.6) is 0 Å². The molecule has 5 atom stereocenters. The molecule has 0 aromatic carbocycles. The molecule has 2 N–H and O–H groups in total. The highest BCUT2D eigenvalue weighted by molar-refractivity contribution is 5.11. The molecule has 0 aromatic heterocycles. The van der Waals surface area contributed by atoms with Gasteiger partial charge in [-0.2, -0.15) is 0 Å². The molecule has 88 valence electrons. The molecule has 2 fully saturated rings. The van der Waals surface area contributed by atoms with E-state index in [9.17, 15) is 10.2 Å². The van der Waals surface area contributed by atoms with E-state index >= 15 is 0 Å². The van der Waals surface area contributed by atoms with Crippen LogP contribution in [-0.2, 0) is 9.47 Å². The third-order valence-electron chi connectivity index (χ3n) is 3.73. The zero-order chi connectivity index (χ0) is 11.4. The molecule has 2 rings (SSSR count). The van der Waals surface area contributed by atoms with E-state index in [2.05, 4.69) is 0 Å². The summed E-state index contributed by atoms with van der Waals surface area (Å²) in [6.45, 7) is 7.65. The fourth-order valence-electron chi connectivity index (χ4n) is 2.88. The number of hydrogen-bond donors (Lipinski definition) is 2. The van der Waals surface area contributed by atoms with Crippen molar-refractivity contribution < 1.29 is 19.7 Å². The van der Waals surface area contributed by atoms with Crippen LogP contribution in [0.4, 0.5) is 0 Å². The highest BCUT2D eigenvalue weighted by Crippen LogP contribution is 2.51. The first-order valence-corrected chi connectivity index (χ1v) is 5.48. The molecule has 0 aromatic rings. The van der Waals surface area contributed by atoms with E-state index in [1.807, 2.05) is 13.8 Å². The lowest BCUT2D eigenvalue weighted by atomic mass is 9.57. The van der Waals surface area contributed by atoms with Crippen molar-refractivity contribution >= 4 is 0 Å². The molecule has 1 aliphatic heterocycles. The Balaban J connectivity index is 2.15. The van der Waals surface area contributed by atoms with Gasteiger partial charge in [0.15, 0.2) is 5.79 Å². The van der Waals surface area contributed by atoms with Gasteiger partial charge < -0.3 is 19.7 Å². The second-order valence-electron chi connectivity index (χ2n) is 5.39. The van der Waals surface area contributed by atoms with Crippen LogP contribution in [0.1, 0.15) is 27.7 Å². The average molecular weight is 216 g/mol. The molecular weight excluding hydrogens is 196 g/mol. The SMILES string of the molecule is CC(O)C1C2OC(C)(C)OCC2C1(C)O. The summed E-state index contributed by atoms with van der Waals surface area (Å²) in [5.74, 6) is -0.846. The van der Waals surface area contributed by atoms with Gasteiger partial charge in [-0.3, -0.25) is 0 Å². The maximum Gasteiger partial charge on any atom is 0.163 e. The standard InChI is InChI=1S/C11H20O4/c1-6(12)8-9-7(11(8,4)13)5-14-10(2,3)15-9/h6-9,12-13H,5H2,1-4H3. The third kappa shape index (κ3) is 1.60. The highest BCUT2D eigenvalue weighted by atomic mass is 16.7. The van der Waals surface area contributed by atoms with Crippen molar-refractivity contribution in [3.8, 4) is 0 Å². The predicted molar refractivity (Wildman–Crippen MR) is 54.2 cm³/mol. The Kier molecular flexibility index (Phi) is 2.39. The van der Waals surface area contributed by atoms with Crippen LogP contribution >= 0.6 is 0 Å². The highest BCUT2D eigenvalue weighted by Gasteiger charge is 2.64. The molecule has 15 heavy (non-hydrogen) atoms. The van der Waals surface area contributed by atoms with Crippen LogP contribution in [-0.4, -0.2) is 40.4 Å². The summed E-state index contributed by atoms with van der Waals surface area (Å²) in [5.41, 5.74) is -0.880. The Morgan fingerprint density at radius 3 is 2.47 bits per heavy atom. The molecule has 1 saturated heterocycles. The summed E-state index contributed by atoms with van der Waals surface area (Å²) in [5, 5.41) is 19.8. The van der Waals surface area contributed by atoms with Gasteiger partial charge in [0, 0.05) is 11.8 Å². The largest absolute Gasteiger partial charge is 0.393 e. The van der Waals surface area contributed by atoms with Crippen molar-refractivity contribution in [2.45, 2.75) is 51.3 Å². The summed E-state index contributed by atoms with van der Waals surface area (Å²) < 4.78 is 11.2. The summed E-state index contributed by atoms with van der Waals surface area (Å²) in [7, 11) is 0. The normalized spacial score (nSPS) is 50.4. The topological polar surface area (TPSA) is 58.9 Å². The minimum atomic E-state index is -0.880. The van der Waals surface area contributed by atoms with E-state index in [1.165, 1.54) is 0 Å². The predicted octanol–water partition coefficient (Wildman–Crippen LogP) is 0.516. The first-order chi connectivity index (χ1) is 6.76. The molecule has 1 aliphatic carbocycles. The zero-order valence-corrected chi connectivity index (χ0v) is 9.73. The number of ether oxygens (including phenoxy) is 2. The maximum absolute atomic E-state index is 10.2. The summed E-state index contributed by atoms with van der Waals surface area (Å²) >= 11 is 0. The van der Waals surface area contributed by atoms with Gasteiger partial charge in [-0.25, -0.2) is 0 Å². The minimum Gasteiger partial charge on any atom is -0.393 e. The Morgan fingerprint density at radius 1 is 1.33 bits per heavy atom. The fraction of sp³-hybridized carbons (Fsp3) is 1.00. The van der Waals surface area contributed by atoms with Crippen molar-refractivity contribution in [2.75, 3.05) is 6.61 Å². The van der Waals surface area contributed by atoms with Crippen LogP contribution < -0.4 is 0 Å². The molecule has 0 radical (unpaired) electrons. The fourth-order valence-corrected chi connectivity index (χ4v) is 2.88. The van der Waals surface area contributed by atoms with Gasteiger partial charge in [-0.05, 0) is 27.7 Å². The first kappa shape index (κ1) is 11.3. The lowest BCUT2D eigenvalue weighted by Gasteiger charge is -2.61. The monoisotopic (exact) mass is 216 g/mol. The molecule has 0 amide bonds. The van der Waals surface area contributed by atoms with Crippen LogP contribution in [0.3, 0.4) is 0 Å². The van der Waals surface area contributed by atoms with Gasteiger partial charge in [-0.15, -0.1) is 0 Å². The van der Waals surface area contributed by atoms with Gasteiger partial charge >= 0.3 is 0 Å². The molecule has 1 heterocycles. The molecule has 4 nitrogen and oxygen atoms in total. The van der Waals surface area contributed by atoms with Crippen LogP contribution in [0.2, 0.25) is 0 Å². The van der Waals surface area contributed by atoms with Gasteiger partial charge in [0.1, 0.15) is 0 Å². The molecule has 1 saturated carbocycles. The lowest BCUT2D eigenvalue weighted by molar-refractivity contribution is -0.384. The molecule has 5 unspecified atom stereocenters. The van der Waals surface area contributed by atoms with Gasteiger partial charge in [0.25, 0.3) is 0 Å². The van der Waals surface area contributed by atoms with Gasteiger partial charge in [0.2, 0.25) is 0 Å². The molecule has 0 spiro atoms. The number of fused-ring (bicyclic) bond motifs is 1.